The van der Waals surface area contributed by atoms with Gasteiger partial charge in [0.25, 0.3) is 5.91 Å². The van der Waals surface area contributed by atoms with Crippen LogP contribution in [0.2, 0.25) is 8.67 Å². The predicted molar refractivity (Wildman–Crippen MR) is 147 cm³/mol. The summed E-state index contributed by atoms with van der Waals surface area (Å²) in [5.41, 5.74) is 2.33. The molecule has 37 heavy (non-hydrogen) atoms. The maximum absolute atomic E-state index is 13.4. The largest absolute Gasteiger partial charge is 0.385 e. The first kappa shape index (κ1) is 26.6. The molecule has 2 aliphatic rings. The maximum atomic E-state index is 13.4. The SMILES string of the molecule is COCCCN1C(=O)c2cccc3c(CC(=O)C4CCCN(S(=O)(=O)c5cc(Cl)sc5Cl)C4)ccc1c23. The molecule has 0 saturated carbocycles. The number of piperidine rings is 1. The Morgan fingerprint density at radius 2 is 2.03 bits per heavy atom. The third-order valence-corrected chi connectivity index (χ3v) is 10.7. The zero-order valence-electron chi connectivity index (χ0n) is 20.2. The van der Waals surface area contributed by atoms with Crippen LogP contribution in [0.4, 0.5) is 5.69 Å². The summed E-state index contributed by atoms with van der Waals surface area (Å²) in [6.45, 7) is 1.56. The lowest BCUT2D eigenvalue weighted by Gasteiger charge is -2.31. The van der Waals surface area contributed by atoms with Gasteiger partial charge in [0.15, 0.2) is 0 Å². The molecule has 0 N–H and O–H groups in total. The fraction of sp³-hybridized carbons (Fsp3) is 0.385. The Morgan fingerprint density at radius 1 is 1.22 bits per heavy atom. The summed E-state index contributed by atoms with van der Waals surface area (Å²) >= 11 is 13.1. The van der Waals surface area contributed by atoms with E-state index >= 15 is 0 Å². The average Bonchev–Trinajstić information content (AvgIpc) is 3.38. The van der Waals surface area contributed by atoms with Gasteiger partial charge in [0.1, 0.15) is 15.0 Å². The summed E-state index contributed by atoms with van der Waals surface area (Å²) in [5, 5.41) is 1.75. The van der Waals surface area contributed by atoms with E-state index in [9.17, 15) is 18.0 Å². The van der Waals surface area contributed by atoms with Gasteiger partial charge in [-0.25, -0.2) is 8.42 Å². The van der Waals surface area contributed by atoms with Gasteiger partial charge in [-0.3, -0.25) is 9.59 Å². The van der Waals surface area contributed by atoms with Crippen LogP contribution in [0, 0.1) is 5.92 Å². The summed E-state index contributed by atoms with van der Waals surface area (Å²) < 4.78 is 33.3. The van der Waals surface area contributed by atoms with E-state index in [2.05, 4.69) is 0 Å². The van der Waals surface area contributed by atoms with E-state index in [1.54, 1.807) is 12.0 Å². The minimum atomic E-state index is -3.85. The fourth-order valence-electron chi connectivity index (χ4n) is 5.25. The number of methoxy groups -OCH3 is 1. The number of thiophene rings is 1. The lowest BCUT2D eigenvalue weighted by molar-refractivity contribution is -0.123. The summed E-state index contributed by atoms with van der Waals surface area (Å²) in [5.74, 6) is -0.483. The molecule has 1 amide bonds. The molecule has 196 valence electrons. The second-order valence-electron chi connectivity index (χ2n) is 9.31. The van der Waals surface area contributed by atoms with Crippen molar-refractivity contribution in [3.63, 3.8) is 0 Å². The summed E-state index contributed by atoms with van der Waals surface area (Å²) in [6, 6.07) is 10.8. The number of carbonyl (C=O) groups excluding carboxylic acids is 2. The Bertz CT molecular complexity index is 1490. The molecule has 3 heterocycles. The molecule has 1 saturated heterocycles. The molecule has 1 unspecified atom stereocenters. The van der Waals surface area contributed by atoms with E-state index in [-0.39, 0.29) is 33.9 Å². The van der Waals surface area contributed by atoms with Crippen molar-refractivity contribution in [1.82, 2.24) is 4.31 Å². The Kier molecular flexibility index (Phi) is 7.64. The molecule has 3 aromatic rings. The van der Waals surface area contributed by atoms with E-state index in [1.165, 1.54) is 10.4 Å². The van der Waals surface area contributed by atoms with Gasteiger partial charge < -0.3 is 9.64 Å². The highest BCUT2D eigenvalue weighted by Crippen LogP contribution is 2.40. The van der Waals surface area contributed by atoms with Gasteiger partial charge in [-0.2, -0.15) is 4.31 Å². The summed E-state index contributed by atoms with van der Waals surface area (Å²) in [7, 11) is -2.21. The van der Waals surface area contributed by atoms with Gasteiger partial charge in [0.05, 0.1) is 10.0 Å². The zero-order chi connectivity index (χ0) is 26.3. The Hall–Kier alpha value is -2.01. The van der Waals surface area contributed by atoms with Crippen molar-refractivity contribution in [3.8, 4) is 0 Å². The first-order valence-electron chi connectivity index (χ1n) is 12.1. The second-order valence-corrected chi connectivity index (χ2v) is 13.5. The van der Waals surface area contributed by atoms with Crippen LogP contribution in [0.25, 0.3) is 10.8 Å². The van der Waals surface area contributed by atoms with Crippen molar-refractivity contribution in [2.24, 2.45) is 5.92 Å². The van der Waals surface area contributed by atoms with Crippen molar-refractivity contribution in [1.29, 1.82) is 0 Å². The molecule has 1 atom stereocenters. The van der Waals surface area contributed by atoms with Crippen molar-refractivity contribution in [2.45, 2.75) is 30.6 Å². The number of ether oxygens (including phenoxy) is 1. The number of rotatable bonds is 9. The van der Waals surface area contributed by atoms with Gasteiger partial charge in [-0.05, 0) is 48.4 Å². The number of hydrogen-bond donors (Lipinski definition) is 0. The zero-order valence-corrected chi connectivity index (χ0v) is 23.4. The van der Waals surface area contributed by atoms with Crippen LogP contribution < -0.4 is 4.90 Å². The normalized spacial score (nSPS) is 18.2. The monoisotopic (exact) mass is 580 g/mol. The van der Waals surface area contributed by atoms with Crippen LogP contribution in [-0.2, 0) is 26.0 Å². The van der Waals surface area contributed by atoms with Crippen LogP contribution in [-0.4, -0.2) is 57.8 Å². The number of carbonyl (C=O) groups is 2. The minimum Gasteiger partial charge on any atom is -0.385 e. The van der Waals surface area contributed by atoms with Crippen molar-refractivity contribution in [3.05, 3.63) is 56.2 Å². The third kappa shape index (κ3) is 4.93. The van der Waals surface area contributed by atoms with E-state index in [1.807, 2.05) is 30.3 Å². The van der Waals surface area contributed by atoms with Crippen LogP contribution in [0.3, 0.4) is 0 Å². The molecular formula is C26H26Cl2N2O5S2. The highest BCUT2D eigenvalue weighted by molar-refractivity contribution is 7.89. The number of halogens is 2. The fourth-order valence-corrected chi connectivity index (χ4v) is 8.88. The van der Waals surface area contributed by atoms with Crippen LogP contribution in [0.5, 0.6) is 0 Å². The summed E-state index contributed by atoms with van der Waals surface area (Å²) in [4.78, 5) is 28.2. The lowest BCUT2D eigenvalue weighted by atomic mass is 9.89. The number of benzene rings is 2. The highest BCUT2D eigenvalue weighted by atomic mass is 35.5. The lowest BCUT2D eigenvalue weighted by Crippen LogP contribution is -2.42. The predicted octanol–water partition coefficient (Wildman–Crippen LogP) is 5.42. The number of sulfonamides is 1. The Labute approximate surface area is 230 Å². The average molecular weight is 582 g/mol. The smallest absolute Gasteiger partial charge is 0.258 e. The van der Waals surface area contributed by atoms with Crippen LogP contribution >= 0.6 is 34.5 Å². The van der Waals surface area contributed by atoms with Gasteiger partial charge in [-0.1, -0.05) is 41.4 Å². The van der Waals surface area contributed by atoms with Gasteiger partial charge in [-0.15, -0.1) is 11.3 Å². The number of ketones is 1. The molecule has 0 aliphatic carbocycles. The molecule has 7 nitrogen and oxygen atoms in total. The van der Waals surface area contributed by atoms with Crippen molar-refractivity contribution < 1.29 is 22.7 Å². The molecule has 1 aromatic heterocycles. The molecule has 0 spiro atoms. The third-order valence-electron chi connectivity index (χ3n) is 7.05. The number of amides is 1. The minimum absolute atomic E-state index is 0.00973. The molecule has 11 heteroatoms. The molecular weight excluding hydrogens is 555 g/mol. The molecule has 2 aromatic carbocycles. The van der Waals surface area contributed by atoms with E-state index < -0.39 is 15.9 Å². The topological polar surface area (TPSA) is 84.0 Å². The number of Topliss-reactive ketones (excluding diaryl/α,β-unsaturated/α-hetero) is 1. The Morgan fingerprint density at radius 3 is 2.76 bits per heavy atom. The molecule has 1 fully saturated rings. The maximum Gasteiger partial charge on any atom is 0.258 e. The van der Waals surface area contributed by atoms with Crippen LogP contribution in [0.15, 0.2) is 41.3 Å². The van der Waals surface area contributed by atoms with E-state index in [0.29, 0.717) is 42.4 Å². The first-order chi connectivity index (χ1) is 17.7. The standard InChI is InChI=1S/C26H26Cl2N2O5S2/c1-35-12-4-11-30-20-9-8-16(18-6-2-7-19(24(18)20)26(30)32)13-21(31)17-5-3-10-29(15-17)37(33,34)22-14-23(27)36-25(22)28/h2,6-9,14,17H,3-5,10-13,15H2,1H3. The summed E-state index contributed by atoms with van der Waals surface area (Å²) in [6.07, 6.45) is 2.10. The number of anilines is 1. The van der Waals surface area contributed by atoms with Gasteiger partial charge in [0, 0.05) is 56.6 Å². The number of nitrogens with zero attached hydrogens (tertiary/aromatic N) is 2. The molecule has 0 bridgehead atoms. The van der Waals surface area contributed by atoms with Gasteiger partial charge in [0.2, 0.25) is 10.0 Å². The van der Waals surface area contributed by atoms with Gasteiger partial charge >= 0.3 is 0 Å². The molecule has 5 rings (SSSR count). The van der Waals surface area contributed by atoms with Crippen molar-refractivity contribution in [2.75, 3.05) is 38.3 Å². The van der Waals surface area contributed by atoms with E-state index in [0.717, 1.165) is 39.8 Å². The quantitative estimate of drug-likeness (QED) is 0.316. The first-order valence-corrected chi connectivity index (χ1v) is 15.1. The Balaban J connectivity index is 1.37. The molecule has 0 radical (unpaired) electrons. The van der Waals surface area contributed by atoms with Crippen molar-refractivity contribution >= 4 is 72.7 Å². The van der Waals surface area contributed by atoms with Crippen LogP contribution in [0.1, 0.15) is 35.2 Å². The highest BCUT2D eigenvalue weighted by Gasteiger charge is 2.36. The second kappa shape index (κ2) is 10.6. The number of hydrogen-bond acceptors (Lipinski definition) is 6. The molecule has 2 aliphatic heterocycles. The van der Waals surface area contributed by atoms with E-state index in [4.69, 9.17) is 27.9 Å².